The minimum absolute atomic E-state index is 0.296. The standard InChI is InChI=1S/C19H27N3S/c1-19(2,3)22-11-9-16(10-12-22)20-13-18-21-17(14-23-18)15-7-5-4-6-8-15/h4-8,14,16,20H,9-13H2,1-3H3. The summed E-state index contributed by atoms with van der Waals surface area (Å²) in [6, 6.07) is 11.0. The molecule has 2 heterocycles. The summed E-state index contributed by atoms with van der Waals surface area (Å²) in [5, 5.41) is 7.04. The van der Waals surface area contributed by atoms with E-state index in [1.54, 1.807) is 11.3 Å². The zero-order chi connectivity index (χ0) is 16.3. The van der Waals surface area contributed by atoms with Crippen LogP contribution < -0.4 is 5.32 Å². The fraction of sp³-hybridized carbons (Fsp3) is 0.526. The molecule has 1 saturated heterocycles. The van der Waals surface area contributed by atoms with Gasteiger partial charge in [-0.15, -0.1) is 11.3 Å². The third kappa shape index (κ3) is 4.40. The molecule has 1 N–H and O–H groups in total. The molecule has 3 nitrogen and oxygen atoms in total. The number of hydrogen-bond donors (Lipinski definition) is 1. The number of likely N-dealkylation sites (tertiary alicyclic amines) is 1. The van der Waals surface area contributed by atoms with Gasteiger partial charge in [-0.1, -0.05) is 30.3 Å². The molecular weight excluding hydrogens is 302 g/mol. The van der Waals surface area contributed by atoms with Crippen LogP contribution in [0.25, 0.3) is 11.3 Å². The average Bonchev–Trinajstić information content (AvgIpc) is 3.02. The summed E-state index contributed by atoms with van der Waals surface area (Å²) >= 11 is 1.75. The van der Waals surface area contributed by atoms with Crippen molar-refractivity contribution in [1.82, 2.24) is 15.2 Å². The molecular formula is C19H27N3S. The van der Waals surface area contributed by atoms with Crippen molar-refractivity contribution in [2.45, 2.75) is 51.7 Å². The maximum absolute atomic E-state index is 4.76. The van der Waals surface area contributed by atoms with Crippen molar-refractivity contribution in [2.75, 3.05) is 13.1 Å². The molecule has 0 radical (unpaired) electrons. The molecule has 3 rings (SSSR count). The van der Waals surface area contributed by atoms with E-state index in [0.717, 1.165) is 12.2 Å². The Kier molecular flexibility index (Phi) is 5.14. The van der Waals surface area contributed by atoms with Crippen molar-refractivity contribution in [3.05, 3.63) is 40.7 Å². The maximum atomic E-state index is 4.76. The molecule has 0 amide bonds. The van der Waals surface area contributed by atoms with Gasteiger partial charge in [0, 0.05) is 42.2 Å². The van der Waals surface area contributed by atoms with Gasteiger partial charge in [0.25, 0.3) is 0 Å². The first-order chi connectivity index (χ1) is 11.0. The van der Waals surface area contributed by atoms with Gasteiger partial charge < -0.3 is 5.32 Å². The number of rotatable bonds is 4. The van der Waals surface area contributed by atoms with Crippen molar-refractivity contribution >= 4 is 11.3 Å². The highest BCUT2D eigenvalue weighted by atomic mass is 32.1. The van der Waals surface area contributed by atoms with E-state index in [0.29, 0.717) is 11.6 Å². The quantitative estimate of drug-likeness (QED) is 0.913. The number of aromatic nitrogens is 1. The van der Waals surface area contributed by atoms with E-state index in [2.05, 4.69) is 60.6 Å². The molecule has 1 aromatic heterocycles. The van der Waals surface area contributed by atoms with Crippen LogP contribution in [0.1, 0.15) is 38.6 Å². The third-order valence-corrected chi connectivity index (χ3v) is 5.46. The minimum atomic E-state index is 0.296. The number of piperidine rings is 1. The van der Waals surface area contributed by atoms with Crippen LogP contribution in [0.3, 0.4) is 0 Å². The fourth-order valence-electron chi connectivity index (χ4n) is 3.12. The van der Waals surface area contributed by atoms with Gasteiger partial charge in [-0.25, -0.2) is 4.98 Å². The molecule has 0 aliphatic carbocycles. The molecule has 2 aromatic rings. The van der Waals surface area contributed by atoms with E-state index in [4.69, 9.17) is 4.98 Å². The van der Waals surface area contributed by atoms with Crippen molar-refractivity contribution in [2.24, 2.45) is 0 Å². The Balaban J connectivity index is 1.50. The Labute approximate surface area is 143 Å². The molecule has 1 aliphatic heterocycles. The minimum Gasteiger partial charge on any atom is -0.308 e. The molecule has 4 heteroatoms. The third-order valence-electron chi connectivity index (χ3n) is 4.61. The SMILES string of the molecule is CC(C)(C)N1CCC(NCc2nc(-c3ccccc3)cs2)CC1. The Morgan fingerprint density at radius 1 is 1.17 bits per heavy atom. The summed E-state index contributed by atoms with van der Waals surface area (Å²) in [5.41, 5.74) is 2.59. The maximum Gasteiger partial charge on any atom is 0.107 e. The summed E-state index contributed by atoms with van der Waals surface area (Å²) in [5.74, 6) is 0. The van der Waals surface area contributed by atoms with E-state index in [9.17, 15) is 0 Å². The smallest absolute Gasteiger partial charge is 0.107 e. The highest BCUT2D eigenvalue weighted by Gasteiger charge is 2.26. The van der Waals surface area contributed by atoms with Gasteiger partial charge in [0.15, 0.2) is 0 Å². The fourth-order valence-corrected chi connectivity index (χ4v) is 3.87. The topological polar surface area (TPSA) is 28.2 Å². The molecule has 0 spiro atoms. The predicted molar refractivity (Wildman–Crippen MR) is 98.7 cm³/mol. The molecule has 124 valence electrons. The van der Waals surface area contributed by atoms with Crippen LogP contribution in [0.2, 0.25) is 0 Å². The number of benzene rings is 1. The second-order valence-corrected chi connectivity index (χ2v) is 8.25. The van der Waals surface area contributed by atoms with Crippen molar-refractivity contribution in [1.29, 1.82) is 0 Å². The Morgan fingerprint density at radius 3 is 2.52 bits per heavy atom. The number of nitrogens with zero attached hydrogens (tertiary/aromatic N) is 2. The summed E-state index contributed by atoms with van der Waals surface area (Å²) in [6.07, 6.45) is 2.46. The van der Waals surface area contributed by atoms with Gasteiger partial charge in [0.05, 0.1) is 5.69 Å². The Morgan fingerprint density at radius 2 is 1.87 bits per heavy atom. The molecule has 0 atom stereocenters. The second kappa shape index (κ2) is 7.12. The summed E-state index contributed by atoms with van der Waals surface area (Å²) in [7, 11) is 0. The van der Waals surface area contributed by atoms with E-state index < -0.39 is 0 Å². The van der Waals surface area contributed by atoms with Gasteiger partial charge >= 0.3 is 0 Å². The van der Waals surface area contributed by atoms with Gasteiger partial charge in [-0.05, 0) is 33.6 Å². The van der Waals surface area contributed by atoms with Crippen molar-refractivity contribution in [3.63, 3.8) is 0 Å². The van der Waals surface area contributed by atoms with Gasteiger partial charge in [-0.3, -0.25) is 4.90 Å². The summed E-state index contributed by atoms with van der Waals surface area (Å²) in [4.78, 5) is 7.35. The molecule has 1 fully saturated rings. The summed E-state index contributed by atoms with van der Waals surface area (Å²) < 4.78 is 0. The van der Waals surface area contributed by atoms with Crippen LogP contribution in [0.15, 0.2) is 35.7 Å². The Hall–Kier alpha value is -1.23. The second-order valence-electron chi connectivity index (χ2n) is 7.31. The van der Waals surface area contributed by atoms with Crippen LogP contribution >= 0.6 is 11.3 Å². The molecule has 0 saturated carbocycles. The number of hydrogen-bond acceptors (Lipinski definition) is 4. The lowest BCUT2D eigenvalue weighted by Crippen LogP contribution is -2.49. The van der Waals surface area contributed by atoms with Crippen LogP contribution in [0.4, 0.5) is 0 Å². The van der Waals surface area contributed by atoms with Gasteiger partial charge in [0.2, 0.25) is 0 Å². The molecule has 0 bridgehead atoms. The normalized spacial score (nSPS) is 17.5. The average molecular weight is 330 g/mol. The van der Waals surface area contributed by atoms with Gasteiger partial charge in [-0.2, -0.15) is 0 Å². The van der Waals surface area contributed by atoms with Crippen LogP contribution in [-0.2, 0) is 6.54 Å². The summed E-state index contributed by atoms with van der Waals surface area (Å²) in [6.45, 7) is 10.2. The lowest BCUT2D eigenvalue weighted by atomic mass is 9.98. The van der Waals surface area contributed by atoms with E-state index in [-0.39, 0.29) is 0 Å². The number of nitrogens with one attached hydrogen (secondary N) is 1. The zero-order valence-corrected chi connectivity index (χ0v) is 15.2. The highest BCUT2D eigenvalue weighted by Crippen LogP contribution is 2.23. The Bertz CT molecular complexity index is 607. The monoisotopic (exact) mass is 329 g/mol. The first-order valence-electron chi connectivity index (χ1n) is 8.50. The van der Waals surface area contributed by atoms with Crippen molar-refractivity contribution in [3.8, 4) is 11.3 Å². The van der Waals surface area contributed by atoms with Gasteiger partial charge in [0.1, 0.15) is 5.01 Å². The van der Waals surface area contributed by atoms with Crippen LogP contribution in [0, 0.1) is 0 Å². The van der Waals surface area contributed by atoms with E-state index >= 15 is 0 Å². The first kappa shape index (κ1) is 16.6. The van der Waals surface area contributed by atoms with Crippen LogP contribution in [0.5, 0.6) is 0 Å². The van der Waals surface area contributed by atoms with E-state index in [1.165, 1.54) is 36.5 Å². The van der Waals surface area contributed by atoms with Crippen LogP contribution in [-0.4, -0.2) is 34.6 Å². The lowest BCUT2D eigenvalue weighted by Gasteiger charge is -2.41. The van der Waals surface area contributed by atoms with E-state index in [1.807, 2.05) is 6.07 Å². The number of thiazole rings is 1. The van der Waals surface area contributed by atoms with Crippen molar-refractivity contribution < 1.29 is 0 Å². The zero-order valence-electron chi connectivity index (χ0n) is 14.4. The molecule has 1 aromatic carbocycles. The largest absolute Gasteiger partial charge is 0.308 e. The molecule has 0 unspecified atom stereocenters. The lowest BCUT2D eigenvalue weighted by molar-refractivity contribution is 0.0960. The highest BCUT2D eigenvalue weighted by molar-refractivity contribution is 7.09. The predicted octanol–water partition coefficient (Wildman–Crippen LogP) is 4.16. The first-order valence-corrected chi connectivity index (χ1v) is 9.38. The molecule has 1 aliphatic rings. The molecule has 23 heavy (non-hydrogen) atoms.